The Balaban J connectivity index is 1.63. The lowest BCUT2D eigenvalue weighted by molar-refractivity contribution is 0.0976. The van der Waals surface area contributed by atoms with Gasteiger partial charge in [-0.2, -0.15) is 0 Å². The second-order valence-corrected chi connectivity index (χ2v) is 8.48. The smallest absolute Gasteiger partial charge is 0.273 e. The molecule has 3 aromatic rings. The molecule has 0 unspecified atom stereocenters. The Hall–Kier alpha value is -3.72. The summed E-state index contributed by atoms with van der Waals surface area (Å²) in [5, 5.41) is 8.51. The number of imidazole rings is 1. The van der Waals surface area contributed by atoms with Gasteiger partial charge < -0.3 is 20.4 Å². The number of benzene rings is 2. The summed E-state index contributed by atoms with van der Waals surface area (Å²) in [7, 11) is 1.49. The van der Waals surface area contributed by atoms with E-state index in [4.69, 9.17) is 17.0 Å². The number of nitrogens with one attached hydrogen (secondary N) is 4. The van der Waals surface area contributed by atoms with Crippen LogP contribution in [0.25, 0.3) is 0 Å². The van der Waals surface area contributed by atoms with E-state index in [2.05, 4.69) is 46.7 Å². The highest BCUT2D eigenvalue weighted by molar-refractivity contribution is 7.80. The Kier molecular flexibility index (Phi) is 6.89. The van der Waals surface area contributed by atoms with Gasteiger partial charge in [-0.1, -0.05) is 32.9 Å². The molecule has 2 amide bonds. The van der Waals surface area contributed by atoms with Crippen molar-refractivity contribution < 1.29 is 14.3 Å². The molecule has 32 heavy (non-hydrogen) atoms. The number of anilines is 2. The van der Waals surface area contributed by atoms with Crippen molar-refractivity contribution in [2.24, 2.45) is 0 Å². The van der Waals surface area contributed by atoms with Crippen LogP contribution in [0.5, 0.6) is 5.75 Å². The quantitative estimate of drug-likeness (QED) is 0.435. The zero-order valence-electron chi connectivity index (χ0n) is 18.3. The third kappa shape index (κ3) is 5.70. The monoisotopic (exact) mass is 451 g/mol. The van der Waals surface area contributed by atoms with Gasteiger partial charge in [0.1, 0.15) is 11.4 Å². The van der Waals surface area contributed by atoms with Crippen molar-refractivity contribution >= 4 is 40.5 Å². The van der Waals surface area contributed by atoms with Crippen LogP contribution in [0.2, 0.25) is 0 Å². The van der Waals surface area contributed by atoms with Gasteiger partial charge in [0.25, 0.3) is 11.8 Å². The number of carbonyl (C=O) groups excluding carboxylic acids is 2. The van der Waals surface area contributed by atoms with Crippen molar-refractivity contribution in [3.05, 3.63) is 71.8 Å². The molecule has 0 saturated carbocycles. The molecule has 2 aromatic carbocycles. The minimum absolute atomic E-state index is 0.00882. The van der Waals surface area contributed by atoms with Crippen LogP contribution < -0.4 is 20.7 Å². The molecular weight excluding hydrogens is 426 g/mol. The molecule has 4 N–H and O–H groups in total. The summed E-state index contributed by atoms with van der Waals surface area (Å²) in [6.45, 7) is 6.34. The van der Waals surface area contributed by atoms with Crippen molar-refractivity contribution in [2.45, 2.75) is 26.2 Å². The van der Waals surface area contributed by atoms with Crippen LogP contribution in [0.3, 0.4) is 0 Å². The Bertz CT molecular complexity index is 1120. The average molecular weight is 452 g/mol. The van der Waals surface area contributed by atoms with Crippen LogP contribution in [0.15, 0.2) is 55.0 Å². The molecule has 0 fully saturated rings. The van der Waals surface area contributed by atoms with E-state index in [9.17, 15) is 9.59 Å². The van der Waals surface area contributed by atoms with Crippen molar-refractivity contribution in [3.63, 3.8) is 0 Å². The highest BCUT2D eigenvalue weighted by Gasteiger charge is 2.15. The second kappa shape index (κ2) is 9.61. The number of thiocarbonyl (C=S) groups is 1. The van der Waals surface area contributed by atoms with E-state index in [0.29, 0.717) is 28.4 Å². The highest BCUT2D eigenvalue weighted by atomic mass is 32.1. The van der Waals surface area contributed by atoms with Crippen molar-refractivity contribution in [1.29, 1.82) is 0 Å². The number of hydrogen-bond acceptors (Lipinski definition) is 5. The van der Waals surface area contributed by atoms with E-state index < -0.39 is 0 Å². The minimum Gasteiger partial charge on any atom is -0.494 e. The molecule has 0 bridgehead atoms. The van der Waals surface area contributed by atoms with Crippen LogP contribution >= 0.6 is 12.2 Å². The largest absolute Gasteiger partial charge is 0.494 e. The minimum atomic E-state index is -0.346. The molecule has 3 rings (SSSR count). The van der Waals surface area contributed by atoms with Gasteiger partial charge in [-0.05, 0) is 47.5 Å². The average Bonchev–Trinajstić information content (AvgIpc) is 3.29. The first kappa shape index (κ1) is 23.0. The van der Waals surface area contributed by atoms with Crippen LogP contribution in [0.4, 0.5) is 11.4 Å². The Labute approximate surface area is 191 Å². The van der Waals surface area contributed by atoms with Gasteiger partial charge in [0.05, 0.1) is 25.3 Å². The number of aromatic amines is 1. The molecule has 0 atom stereocenters. The van der Waals surface area contributed by atoms with Crippen molar-refractivity contribution in [1.82, 2.24) is 15.3 Å². The highest BCUT2D eigenvalue weighted by Crippen LogP contribution is 2.28. The van der Waals surface area contributed by atoms with Crippen LogP contribution in [-0.4, -0.2) is 34.0 Å². The predicted octanol–water partition coefficient (Wildman–Crippen LogP) is 4.09. The molecule has 1 aromatic heterocycles. The summed E-state index contributed by atoms with van der Waals surface area (Å²) < 4.78 is 5.36. The van der Waals surface area contributed by atoms with E-state index in [-0.39, 0.29) is 22.3 Å². The maximum atomic E-state index is 12.5. The van der Waals surface area contributed by atoms with E-state index in [1.54, 1.807) is 30.3 Å². The number of H-pyrrole nitrogens is 1. The van der Waals surface area contributed by atoms with Gasteiger partial charge >= 0.3 is 0 Å². The molecule has 9 heteroatoms. The van der Waals surface area contributed by atoms with Crippen LogP contribution in [-0.2, 0) is 5.41 Å². The first-order valence-electron chi connectivity index (χ1n) is 9.88. The molecule has 1 heterocycles. The molecule has 8 nitrogen and oxygen atoms in total. The third-order valence-corrected chi connectivity index (χ3v) is 4.89. The topological polar surface area (TPSA) is 108 Å². The lowest BCUT2D eigenvalue weighted by Crippen LogP contribution is -2.34. The first-order valence-corrected chi connectivity index (χ1v) is 10.3. The molecule has 0 aliphatic carbocycles. The maximum Gasteiger partial charge on any atom is 0.273 e. The van der Waals surface area contributed by atoms with Crippen molar-refractivity contribution in [3.8, 4) is 5.75 Å². The lowest BCUT2D eigenvalue weighted by Gasteiger charge is -2.19. The standard InChI is InChI=1S/C23H25N5O3S/c1-23(2,3)15-7-5-14(6-8-15)20(29)28-22(32)26-16-9-10-17(19(11-16)31-4)27-21(30)18-12-24-13-25-18/h5-13H,1-4H3,(H,24,25)(H,27,30)(H2,26,28,29,32). The Morgan fingerprint density at radius 3 is 2.34 bits per heavy atom. The summed E-state index contributed by atoms with van der Waals surface area (Å²) in [4.78, 5) is 31.3. The zero-order chi connectivity index (χ0) is 23.3. The SMILES string of the molecule is COc1cc(NC(=S)NC(=O)c2ccc(C(C)(C)C)cc2)ccc1NC(=O)c1cnc[nH]1. The zero-order valence-corrected chi connectivity index (χ0v) is 19.1. The lowest BCUT2D eigenvalue weighted by atomic mass is 9.87. The fraction of sp³-hybridized carbons (Fsp3) is 0.217. The predicted molar refractivity (Wildman–Crippen MR) is 128 cm³/mol. The molecule has 0 aliphatic rings. The van der Waals surface area contributed by atoms with Gasteiger partial charge in [0, 0.05) is 17.3 Å². The van der Waals surface area contributed by atoms with Gasteiger partial charge in [-0.25, -0.2) is 4.98 Å². The molecule has 0 aliphatic heterocycles. The maximum absolute atomic E-state index is 12.5. The molecule has 0 radical (unpaired) electrons. The summed E-state index contributed by atoms with van der Waals surface area (Å²) in [5.41, 5.74) is 3.06. The third-order valence-electron chi connectivity index (χ3n) is 4.69. The molecule has 0 spiro atoms. The van der Waals surface area contributed by atoms with E-state index in [1.165, 1.54) is 19.6 Å². The fourth-order valence-corrected chi connectivity index (χ4v) is 3.11. The van der Waals surface area contributed by atoms with Crippen molar-refractivity contribution in [2.75, 3.05) is 17.7 Å². The van der Waals surface area contributed by atoms with Crippen LogP contribution in [0, 0.1) is 0 Å². The van der Waals surface area contributed by atoms with Crippen LogP contribution in [0.1, 0.15) is 47.2 Å². The summed E-state index contributed by atoms with van der Waals surface area (Å²) in [6, 6.07) is 12.5. The van der Waals surface area contributed by atoms with E-state index >= 15 is 0 Å². The second-order valence-electron chi connectivity index (χ2n) is 8.07. The number of nitrogens with zero attached hydrogens (tertiary/aromatic N) is 1. The molecular formula is C23H25N5O3S. The van der Waals surface area contributed by atoms with E-state index in [1.807, 2.05) is 12.1 Å². The van der Waals surface area contributed by atoms with Gasteiger partial charge in [0.15, 0.2) is 5.11 Å². The van der Waals surface area contributed by atoms with Gasteiger partial charge in [-0.3, -0.25) is 14.9 Å². The number of rotatable bonds is 5. The molecule has 0 saturated heterocycles. The molecule has 166 valence electrons. The Morgan fingerprint density at radius 2 is 1.75 bits per heavy atom. The van der Waals surface area contributed by atoms with E-state index in [0.717, 1.165) is 5.56 Å². The summed E-state index contributed by atoms with van der Waals surface area (Å²) >= 11 is 5.27. The number of amides is 2. The number of ether oxygens (including phenoxy) is 1. The number of methoxy groups -OCH3 is 1. The normalized spacial score (nSPS) is 10.9. The number of carbonyl (C=O) groups is 2. The van der Waals surface area contributed by atoms with Gasteiger partial charge in [-0.15, -0.1) is 0 Å². The fourth-order valence-electron chi connectivity index (χ4n) is 2.90. The number of hydrogen-bond donors (Lipinski definition) is 4. The Morgan fingerprint density at radius 1 is 1.03 bits per heavy atom. The van der Waals surface area contributed by atoms with Gasteiger partial charge in [0.2, 0.25) is 0 Å². The number of aromatic nitrogens is 2. The summed E-state index contributed by atoms with van der Waals surface area (Å²) in [6.07, 6.45) is 2.85. The summed E-state index contributed by atoms with van der Waals surface area (Å²) in [5.74, 6) is -0.227. The first-order chi connectivity index (χ1) is 15.2.